The number of benzene rings is 1. The van der Waals surface area contributed by atoms with E-state index in [0.717, 1.165) is 17.9 Å². The Hall–Kier alpha value is -0.870. The zero-order valence-electron chi connectivity index (χ0n) is 9.56. The lowest BCUT2D eigenvalue weighted by molar-refractivity contribution is 0.288. The summed E-state index contributed by atoms with van der Waals surface area (Å²) in [5.74, 6) is 1.66. The maximum absolute atomic E-state index is 8.75. The number of hydrogen-bond acceptors (Lipinski definition) is 4. The number of para-hydroxylation sites is 2. The number of nitrogen functional groups attached to an aromatic ring is 1. The van der Waals surface area contributed by atoms with Crippen LogP contribution in [0.2, 0.25) is 0 Å². The minimum absolute atomic E-state index is 0.251. The van der Waals surface area contributed by atoms with Crippen molar-refractivity contribution in [3.63, 3.8) is 0 Å². The molecule has 90 valence electrons. The number of ether oxygens (including phenoxy) is 1. The van der Waals surface area contributed by atoms with Gasteiger partial charge in [0.1, 0.15) is 5.75 Å². The van der Waals surface area contributed by atoms with E-state index in [4.69, 9.17) is 15.6 Å². The van der Waals surface area contributed by atoms with Crippen molar-refractivity contribution in [2.75, 3.05) is 24.7 Å². The first-order valence-electron chi connectivity index (χ1n) is 5.44. The smallest absolute Gasteiger partial charge is 0.142 e. The number of aliphatic hydroxyl groups is 1. The largest absolute Gasteiger partial charge is 0.491 e. The molecule has 1 aromatic carbocycles. The second-order valence-electron chi connectivity index (χ2n) is 3.58. The number of anilines is 1. The number of hydrogen-bond donors (Lipinski definition) is 2. The van der Waals surface area contributed by atoms with Crippen LogP contribution >= 0.6 is 11.8 Å². The highest BCUT2D eigenvalue weighted by Crippen LogP contribution is 2.20. The minimum Gasteiger partial charge on any atom is -0.491 e. The Morgan fingerprint density at radius 2 is 2.19 bits per heavy atom. The average Bonchev–Trinajstić information content (AvgIpc) is 2.27. The van der Waals surface area contributed by atoms with Crippen LogP contribution in [0, 0.1) is 0 Å². The van der Waals surface area contributed by atoms with Crippen LogP contribution in [0.1, 0.15) is 13.3 Å². The highest BCUT2D eigenvalue weighted by atomic mass is 32.2. The third-order valence-electron chi connectivity index (χ3n) is 2.20. The van der Waals surface area contributed by atoms with Gasteiger partial charge in [-0.25, -0.2) is 0 Å². The summed E-state index contributed by atoms with van der Waals surface area (Å²) in [6, 6.07) is 7.50. The van der Waals surface area contributed by atoms with E-state index in [2.05, 4.69) is 6.92 Å². The minimum atomic E-state index is 0.251. The molecule has 1 aromatic rings. The summed E-state index contributed by atoms with van der Waals surface area (Å²) in [6.07, 6.45) is 0.831. The fourth-order valence-corrected chi connectivity index (χ4v) is 2.13. The molecule has 0 heterocycles. The molecule has 0 aliphatic rings. The van der Waals surface area contributed by atoms with Crippen LogP contribution in [0.4, 0.5) is 5.69 Å². The molecule has 1 unspecified atom stereocenters. The summed E-state index contributed by atoms with van der Waals surface area (Å²) < 4.78 is 5.56. The van der Waals surface area contributed by atoms with E-state index in [1.54, 1.807) is 11.8 Å². The van der Waals surface area contributed by atoms with Gasteiger partial charge in [0.15, 0.2) is 0 Å². The van der Waals surface area contributed by atoms with Gasteiger partial charge in [-0.05, 0) is 18.6 Å². The van der Waals surface area contributed by atoms with Crippen molar-refractivity contribution in [2.24, 2.45) is 0 Å². The molecule has 1 atom stereocenters. The molecule has 0 fully saturated rings. The van der Waals surface area contributed by atoms with E-state index in [1.165, 1.54) is 0 Å². The fraction of sp³-hybridized carbons (Fsp3) is 0.500. The molecule has 0 aliphatic heterocycles. The van der Waals surface area contributed by atoms with Crippen LogP contribution in [0.25, 0.3) is 0 Å². The summed E-state index contributed by atoms with van der Waals surface area (Å²) >= 11 is 1.80. The Balaban J connectivity index is 2.19. The highest BCUT2D eigenvalue weighted by molar-refractivity contribution is 7.99. The predicted molar refractivity (Wildman–Crippen MR) is 70.0 cm³/mol. The zero-order valence-corrected chi connectivity index (χ0v) is 10.4. The topological polar surface area (TPSA) is 55.5 Å². The van der Waals surface area contributed by atoms with Crippen LogP contribution < -0.4 is 10.5 Å². The van der Waals surface area contributed by atoms with Gasteiger partial charge in [0.25, 0.3) is 0 Å². The Bertz CT molecular complexity index is 307. The summed E-state index contributed by atoms with van der Waals surface area (Å²) in [7, 11) is 0. The van der Waals surface area contributed by atoms with E-state index in [9.17, 15) is 0 Å². The zero-order chi connectivity index (χ0) is 11.8. The third-order valence-corrected chi connectivity index (χ3v) is 3.41. The Kier molecular flexibility index (Phi) is 6.11. The maximum atomic E-state index is 8.75. The Labute approximate surface area is 101 Å². The SMILES string of the molecule is CC(CCO)SCCOc1ccccc1N. The van der Waals surface area contributed by atoms with Crippen LogP contribution in [0.3, 0.4) is 0 Å². The molecule has 3 N–H and O–H groups in total. The van der Waals surface area contributed by atoms with Gasteiger partial charge >= 0.3 is 0 Å². The summed E-state index contributed by atoms with van der Waals surface area (Å²) in [4.78, 5) is 0. The molecule has 1 rings (SSSR count). The summed E-state index contributed by atoms with van der Waals surface area (Å²) in [6.45, 7) is 3.01. The molecule has 0 spiro atoms. The van der Waals surface area contributed by atoms with Crippen molar-refractivity contribution in [3.05, 3.63) is 24.3 Å². The Morgan fingerprint density at radius 3 is 2.88 bits per heavy atom. The van der Waals surface area contributed by atoms with E-state index in [0.29, 0.717) is 17.5 Å². The van der Waals surface area contributed by atoms with Gasteiger partial charge in [-0.15, -0.1) is 0 Å². The lowest BCUT2D eigenvalue weighted by Crippen LogP contribution is -2.07. The molecule has 3 nitrogen and oxygen atoms in total. The summed E-state index contributed by atoms with van der Waals surface area (Å²) in [5.41, 5.74) is 6.42. The third kappa shape index (κ3) is 4.77. The molecule has 0 saturated heterocycles. The number of thioether (sulfide) groups is 1. The summed E-state index contributed by atoms with van der Waals surface area (Å²) in [5, 5.41) is 9.22. The van der Waals surface area contributed by atoms with Crippen molar-refractivity contribution in [1.82, 2.24) is 0 Å². The van der Waals surface area contributed by atoms with Crippen LogP contribution in [0.5, 0.6) is 5.75 Å². The first-order chi connectivity index (χ1) is 7.74. The van der Waals surface area contributed by atoms with Crippen LogP contribution in [-0.4, -0.2) is 29.3 Å². The molecule has 0 radical (unpaired) electrons. The molecule has 4 heteroatoms. The standard InChI is InChI=1S/C12H19NO2S/c1-10(6-7-14)16-9-8-15-12-5-3-2-4-11(12)13/h2-5,10,14H,6-9,13H2,1H3. The molecule has 16 heavy (non-hydrogen) atoms. The van der Waals surface area contributed by atoms with E-state index >= 15 is 0 Å². The second kappa shape index (κ2) is 7.41. The monoisotopic (exact) mass is 241 g/mol. The Morgan fingerprint density at radius 1 is 1.44 bits per heavy atom. The first-order valence-corrected chi connectivity index (χ1v) is 6.48. The molecule has 0 aliphatic carbocycles. The number of aliphatic hydroxyl groups excluding tert-OH is 1. The van der Waals surface area contributed by atoms with Crippen LogP contribution in [0.15, 0.2) is 24.3 Å². The van der Waals surface area contributed by atoms with Crippen LogP contribution in [-0.2, 0) is 0 Å². The van der Waals surface area contributed by atoms with Crippen molar-refractivity contribution in [1.29, 1.82) is 0 Å². The molecule has 0 bridgehead atoms. The molecule has 0 saturated carbocycles. The van der Waals surface area contributed by atoms with Gasteiger partial charge < -0.3 is 15.6 Å². The average molecular weight is 241 g/mol. The second-order valence-corrected chi connectivity index (χ2v) is 5.13. The van der Waals surface area contributed by atoms with Crippen molar-refractivity contribution >= 4 is 17.4 Å². The fourth-order valence-electron chi connectivity index (χ4n) is 1.28. The van der Waals surface area contributed by atoms with Crippen molar-refractivity contribution < 1.29 is 9.84 Å². The van der Waals surface area contributed by atoms with Crippen molar-refractivity contribution in [3.8, 4) is 5.75 Å². The maximum Gasteiger partial charge on any atom is 0.142 e. The molecule has 0 aromatic heterocycles. The van der Waals surface area contributed by atoms with E-state index in [1.807, 2.05) is 24.3 Å². The van der Waals surface area contributed by atoms with Gasteiger partial charge in [0.2, 0.25) is 0 Å². The normalized spacial score (nSPS) is 12.4. The van der Waals surface area contributed by atoms with E-state index < -0.39 is 0 Å². The van der Waals surface area contributed by atoms with Gasteiger partial charge in [0.05, 0.1) is 12.3 Å². The van der Waals surface area contributed by atoms with Gasteiger partial charge in [-0.3, -0.25) is 0 Å². The lowest BCUT2D eigenvalue weighted by Gasteiger charge is -2.11. The predicted octanol–water partition coefficient (Wildman–Crippen LogP) is 2.15. The molecule has 0 amide bonds. The van der Waals surface area contributed by atoms with Gasteiger partial charge in [0, 0.05) is 17.6 Å². The van der Waals surface area contributed by atoms with Crippen molar-refractivity contribution in [2.45, 2.75) is 18.6 Å². The quantitative estimate of drug-likeness (QED) is 0.567. The van der Waals surface area contributed by atoms with E-state index in [-0.39, 0.29) is 6.61 Å². The molecular weight excluding hydrogens is 222 g/mol. The van der Waals surface area contributed by atoms with Gasteiger partial charge in [-0.2, -0.15) is 11.8 Å². The number of nitrogens with two attached hydrogens (primary N) is 1. The highest BCUT2D eigenvalue weighted by Gasteiger charge is 2.02. The molecular formula is C12H19NO2S. The first kappa shape index (κ1) is 13.2. The van der Waals surface area contributed by atoms with Gasteiger partial charge in [-0.1, -0.05) is 19.1 Å². The lowest BCUT2D eigenvalue weighted by atomic mass is 10.3. The number of rotatable bonds is 7.